The Morgan fingerprint density at radius 1 is 1.25 bits per heavy atom. The molecule has 20 heavy (non-hydrogen) atoms. The molecule has 1 aromatic heterocycles. The van der Waals surface area contributed by atoms with Gasteiger partial charge in [0.2, 0.25) is 5.56 Å². The van der Waals surface area contributed by atoms with E-state index in [0.29, 0.717) is 12.0 Å². The molecule has 0 radical (unpaired) electrons. The van der Waals surface area contributed by atoms with E-state index < -0.39 is 0 Å². The van der Waals surface area contributed by atoms with Gasteiger partial charge in [0.15, 0.2) is 0 Å². The lowest BCUT2D eigenvalue weighted by Crippen LogP contribution is -2.33. The van der Waals surface area contributed by atoms with Crippen LogP contribution in [0.2, 0.25) is 0 Å². The van der Waals surface area contributed by atoms with E-state index in [4.69, 9.17) is 0 Å². The van der Waals surface area contributed by atoms with E-state index in [2.05, 4.69) is 10.3 Å². The van der Waals surface area contributed by atoms with Gasteiger partial charge >= 0.3 is 0 Å². The summed E-state index contributed by atoms with van der Waals surface area (Å²) in [5.41, 5.74) is 2.36. The van der Waals surface area contributed by atoms with E-state index in [1.807, 2.05) is 6.07 Å². The molecule has 1 saturated carbocycles. The van der Waals surface area contributed by atoms with Gasteiger partial charge in [0.05, 0.1) is 6.10 Å². The normalized spacial score (nSPS) is 29.9. The number of hydrogen-bond acceptors (Lipinski definition) is 3. The Bertz CT molecular complexity index is 511. The number of fused-ring (bicyclic) bond motifs is 1. The highest BCUT2D eigenvalue weighted by Crippen LogP contribution is 2.29. The van der Waals surface area contributed by atoms with Crippen LogP contribution in [0.15, 0.2) is 16.9 Å². The standard InChI is InChI=1S/C16H24N2O2/c19-12-4-1-3-11(9-12)10-17-14-5-2-6-15-13(14)7-8-16(20)18-15/h7-8,11-12,14,17,19H,1-6,9-10H2,(H,18,20). The fourth-order valence-corrected chi connectivity index (χ4v) is 3.67. The highest BCUT2D eigenvalue weighted by atomic mass is 16.3. The molecule has 4 nitrogen and oxygen atoms in total. The number of nitrogens with one attached hydrogen (secondary N) is 2. The molecule has 2 aliphatic carbocycles. The number of hydrogen-bond donors (Lipinski definition) is 3. The number of aliphatic hydroxyl groups excluding tert-OH is 1. The van der Waals surface area contributed by atoms with Crippen LogP contribution in [0.5, 0.6) is 0 Å². The summed E-state index contributed by atoms with van der Waals surface area (Å²) < 4.78 is 0. The van der Waals surface area contributed by atoms with Crippen molar-refractivity contribution >= 4 is 0 Å². The Labute approximate surface area is 119 Å². The van der Waals surface area contributed by atoms with Gasteiger partial charge in [-0.05, 0) is 56.6 Å². The number of aromatic amines is 1. The molecular formula is C16H24N2O2. The molecule has 0 bridgehead atoms. The maximum Gasteiger partial charge on any atom is 0.248 e. The number of rotatable bonds is 3. The van der Waals surface area contributed by atoms with Crippen LogP contribution in [-0.2, 0) is 6.42 Å². The van der Waals surface area contributed by atoms with Gasteiger partial charge in [0.25, 0.3) is 0 Å². The van der Waals surface area contributed by atoms with Crippen LogP contribution in [0.3, 0.4) is 0 Å². The number of aryl methyl sites for hydroxylation is 1. The zero-order valence-electron chi connectivity index (χ0n) is 11.9. The first-order valence-electron chi connectivity index (χ1n) is 7.86. The molecule has 1 heterocycles. The summed E-state index contributed by atoms with van der Waals surface area (Å²) in [5.74, 6) is 0.590. The van der Waals surface area contributed by atoms with E-state index in [1.165, 1.54) is 12.0 Å². The zero-order chi connectivity index (χ0) is 13.9. The minimum absolute atomic E-state index is 0.000183. The number of aromatic nitrogens is 1. The van der Waals surface area contributed by atoms with Gasteiger partial charge in [-0.25, -0.2) is 0 Å². The lowest BCUT2D eigenvalue weighted by atomic mass is 9.86. The molecule has 110 valence electrons. The fraction of sp³-hybridized carbons (Fsp3) is 0.688. The number of H-pyrrole nitrogens is 1. The van der Waals surface area contributed by atoms with Crippen molar-refractivity contribution in [3.8, 4) is 0 Å². The molecule has 3 rings (SSSR count). The minimum atomic E-state index is -0.106. The van der Waals surface area contributed by atoms with Crippen molar-refractivity contribution in [2.45, 2.75) is 57.1 Å². The van der Waals surface area contributed by atoms with Crippen molar-refractivity contribution in [1.82, 2.24) is 10.3 Å². The van der Waals surface area contributed by atoms with Crippen molar-refractivity contribution in [3.05, 3.63) is 33.7 Å². The highest BCUT2D eigenvalue weighted by Gasteiger charge is 2.24. The minimum Gasteiger partial charge on any atom is -0.393 e. The maximum absolute atomic E-state index is 11.4. The summed E-state index contributed by atoms with van der Waals surface area (Å²) >= 11 is 0. The predicted molar refractivity (Wildman–Crippen MR) is 78.7 cm³/mol. The fourth-order valence-electron chi connectivity index (χ4n) is 3.67. The van der Waals surface area contributed by atoms with Crippen LogP contribution in [-0.4, -0.2) is 22.7 Å². The first-order chi connectivity index (χ1) is 9.72. The second-order valence-corrected chi connectivity index (χ2v) is 6.30. The highest BCUT2D eigenvalue weighted by molar-refractivity contribution is 5.26. The van der Waals surface area contributed by atoms with Gasteiger partial charge in [0.1, 0.15) is 0 Å². The Hall–Kier alpha value is -1.13. The van der Waals surface area contributed by atoms with E-state index in [9.17, 15) is 9.90 Å². The van der Waals surface area contributed by atoms with Crippen LogP contribution in [0.25, 0.3) is 0 Å². The third kappa shape index (κ3) is 3.13. The quantitative estimate of drug-likeness (QED) is 0.790. The van der Waals surface area contributed by atoms with Crippen LogP contribution < -0.4 is 10.9 Å². The summed E-state index contributed by atoms with van der Waals surface area (Å²) in [4.78, 5) is 14.4. The molecule has 3 atom stereocenters. The van der Waals surface area contributed by atoms with Gasteiger partial charge in [-0.3, -0.25) is 4.79 Å². The average molecular weight is 276 g/mol. The lowest BCUT2D eigenvalue weighted by Gasteiger charge is -2.30. The summed E-state index contributed by atoms with van der Waals surface area (Å²) in [7, 11) is 0. The molecule has 1 aromatic rings. The lowest BCUT2D eigenvalue weighted by molar-refractivity contribution is 0.0993. The monoisotopic (exact) mass is 276 g/mol. The first kappa shape index (κ1) is 13.8. The Morgan fingerprint density at radius 2 is 2.15 bits per heavy atom. The zero-order valence-corrected chi connectivity index (χ0v) is 11.9. The van der Waals surface area contributed by atoms with E-state index in [1.54, 1.807) is 6.07 Å². The van der Waals surface area contributed by atoms with Crippen molar-refractivity contribution in [2.24, 2.45) is 5.92 Å². The molecule has 3 unspecified atom stereocenters. The topological polar surface area (TPSA) is 65.1 Å². The van der Waals surface area contributed by atoms with Gasteiger partial charge < -0.3 is 15.4 Å². The predicted octanol–water partition coefficient (Wildman–Crippen LogP) is 1.89. The van der Waals surface area contributed by atoms with Crippen LogP contribution >= 0.6 is 0 Å². The molecule has 4 heteroatoms. The van der Waals surface area contributed by atoms with Crippen molar-refractivity contribution in [1.29, 1.82) is 0 Å². The third-order valence-corrected chi connectivity index (χ3v) is 4.74. The Kier molecular flexibility index (Phi) is 4.22. The molecule has 2 aliphatic rings. The first-order valence-corrected chi connectivity index (χ1v) is 7.86. The summed E-state index contributed by atoms with van der Waals surface area (Å²) in [6, 6.07) is 3.96. The molecule has 0 saturated heterocycles. The molecular weight excluding hydrogens is 252 g/mol. The van der Waals surface area contributed by atoms with Crippen molar-refractivity contribution < 1.29 is 5.11 Å². The Morgan fingerprint density at radius 3 is 3.00 bits per heavy atom. The molecule has 0 spiro atoms. The van der Waals surface area contributed by atoms with Crippen LogP contribution in [0.1, 0.15) is 55.8 Å². The number of pyridine rings is 1. The van der Waals surface area contributed by atoms with Gasteiger partial charge in [-0.1, -0.05) is 12.5 Å². The van der Waals surface area contributed by atoms with Gasteiger partial charge in [0, 0.05) is 17.8 Å². The molecule has 0 aliphatic heterocycles. The molecule has 0 aromatic carbocycles. The summed E-state index contributed by atoms with van der Waals surface area (Å²) in [5, 5.41) is 13.4. The number of aliphatic hydroxyl groups is 1. The van der Waals surface area contributed by atoms with Gasteiger partial charge in [-0.15, -0.1) is 0 Å². The summed E-state index contributed by atoms with van der Waals surface area (Å²) in [6.45, 7) is 0.973. The van der Waals surface area contributed by atoms with E-state index in [0.717, 1.165) is 50.8 Å². The second kappa shape index (κ2) is 6.10. The van der Waals surface area contributed by atoms with E-state index >= 15 is 0 Å². The van der Waals surface area contributed by atoms with Crippen LogP contribution in [0, 0.1) is 5.92 Å². The van der Waals surface area contributed by atoms with Crippen molar-refractivity contribution in [3.63, 3.8) is 0 Å². The third-order valence-electron chi connectivity index (χ3n) is 4.74. The Balaban J connectivity index is 1.63. The van der Waals surface area contributed by atoms with E-state index in [-0.39, 0.29) is 11.7 Å². The molecule has 0 amide bonds. The van der Waals surface area contributed by atoms with Crippen LogP contribution in [0.4, 0.5) is 0 Å². The smallest absolute Gasteiger partial charge is 0.248 e. The van der Waals surface area contributed by atoms with Gasteiger partial charge in [-0.2, -0.15) is 0 Å². The average Bonchev–Trinajstić information content (AvgIpc) is 2.44. The second-order valence-electron chi connectivity index (χ2n) is 6.30. The SMILES string of the molecule is O=c1ccc2c([nH]1)CCCC2NCC1CCCC(O)C1. The maximum atomic E-state index is 11.4. The van der Waals surface area contributed by atoms with Crippen molar-refractivity contribution in [2.75, 3.05) is 6.54 Å². The molecule has 3 N–H and O–H groups in total. The largest absolute Gasteiger partial charge is 0.393 e. The molecule has 1 fully saturated rings. The summed E-state index contributed by atoms with van der Waals surface area (Å²) in [6.07, 6.45) is 7.38.